The summed E-state index contributed by atoms with van der Waals surface area (Å²) in [6, 6.07) is 6.81. The lowest BCUT2D eigenvalue weighted by molar-refractivity contribution is -0.126. The molecule has 1 rings (SSSR count). The van der Waals surface area contributed by atoms with Crippen LogP contribution in [0.1, 0.15) is 24.2 Å². The van der Waals surface area contributed by atoms with Crippen LogP contribution in [-0.2, 0) is 9.53 Å². The summed E-state index contributed by atoms with van der Waals surface area (Å²) in [7, 11) is 0. The van der Waals surface area contributed by atoms with Crippen molar-refractivity contribution in [3.05, 3.63) is 29.8 Å². The molecule has 0 saturated carbocycles. The first-order valence-electron chi connectivity index (χ1n) is 6.07. The topological polar surface area (TPSA) is 76.7 Å². The fourth-order valence-corrected chi connectivity index (χ4v) is 1.36. The van der Waals surface area contributed by atoms with Gasteiger partial charge in [-0.25, -0.2) is 0 Å². The highest BCUT2D eigenvalue weighted by molar-refractivity contribution is 5.97. The zero-order valence-electron chi connectivity index (χ0n) is 11.1. The van der Waals surface area contributed by atoms with Gasteiger partial charge in [0, 0.05) is 6.61 Å². The lowest BCUT2D eigenvalue weighted by atomic mass is 10.2. The van der Waals surface area contributed by atoms with E-state index in [4.69, 9.17) is 9.47 Å². The maximum absolute atomic E-state index is 11.9. The fraction of sp³-hybridized carbons (Fsp3) is 0.385. The van der Waals surface area contributed by atoms with Crippen molar-refractivity contribution >= 4 is 11.8 Å². The average Bonchev–Trinajstić information content (AvgIpc) is 2.43. The quantitative estimate of drug-likeness (QED) is 0.749. The molecule has 0 heterocycles. The van der Waals surface area contributed by atoms with E-state index in [-0.39, 0.29) is 6.61 Å². The van der Waals surface area contributed by atoms with Gasteiger partial charge in [-0.05, 0) is 26.0 Å². The Bertz CT molecular complexity index is 434. The zero-order chi connectivity index (χ0) is 14.1. The standard InChI is InChI=1S/C13H18N2O4/c1-3-18-9-12(16)14-15-13(17)10-7-5-6-8-11(10)19-4-2/h5-8H,3-4,9H2,1-2H3,(H,14,16)(H,15,17). The molecule has 0 radical (unpaired) electrons. The third-order valence-electron chi connectivity index (χ3n) is 2.18. The van der Waals surface area contributed by atoms with Gasteiger partial charge >= 0.3 is 0 Å². The fourth-order valence-electron chi connectivity index (χ4n) is 1.36. The van der Waals surface area contributed by atoms with Crippen LogP contribution < -0.4 is 15.6 Å². The summed E-state index contributed by atoms with van der Waals surface area (Å²) in [5.41, 5.74) is 4.94. The van der Waals surface area contributed by atoms with Crippen LogP contribution in [0.15, 0.2) is 24.3 Å². The Morgan fingerprint density at radius 3 is 2.53 bits per heavy atom. The molecule has 6 nitrogen and oxygen atoms in total. The number of carbonyl (C=O) groups is 2. The van der Waals surface area contributed by atoms with E-state index < -0.39 is 11.8 Å². The normalized spacial score (nSPS) is 9.79. The lowest BCUT2D eigenvalue weighted by Crippen LogP contribution is -2.43. The number of carbonyl (C=O) groups excluding carboxylic acids is 2. The second-order valence-electron chi connectivity index (χ2n) is 3.57. The van der Waals surface area contributed by atoms with Gasteiger partial charge in [0.05, 0.1) is 12.2 Å². The SMILES string of the molecule is CCOCC(=O)NNC(=O)c1ccccc1OCC. The van der Waals surface area contributed by atoms with Crippen LogP contribution >= 0.6 is 0 Å². The Morgan fingerprint density at radius 1 is 1.11 bits per heavy atom. The molecule has 2 N–H and O–H groups in total. The maximum Gasteiger partial charge on any atom is 0.273 e. The summed E-state index contributed by atoms with van der Waals surface area (Å²) < 4.78 is 10.2. The predicted octanol–water partition coefficient (Wildman–Crippen LogP) is 0.883. The van der Waals surface area contributed by atoms with Crippen molar-refractivity contribution in [1.82, 2.24) is 10.9 Å². The molecule has 0 aliphatic carbocycles. The summed E-state index contributed by atoms with van der Waals surface area (Å²) in [5.74, 6) is -0.375. The number of rotatable bonds is 6. The van der Waals surface area contributed by atoms with E-state index in [2.05, 4.69) is 10.9 Å². The smallest absolute Gasteiger partial charge is 0.273 e. The van der Waals surface area contributed by atoms with Crippen molar-refractivity contribution in [2.45, 2.75) is 13.8 Å². The summed E-state index contributed by atoms with van der Waals surface area (Å²) >= 11 is 0. The molecule has 0 atom stereocenters. The number of hydrogen-bond donors (Lipinski definition) is 2. The van der Waals surface area contributed by atoms with Crippen molar-refractivity contribution in [3.63, 3.8) is 0 Å². The molecule has 104 valence electrons. The molecule has 19 heavy (non-hydrogen) atoms. The minimum atomic E-state index is -0.436. The van der Waals surface area contributed by atoms with E-state index in [9.17, 15) is 9.59 Å². The van der Waals surface area contributed by atoms with Gasteiger partial charge in [0.25, 0.3) is 11.8 Å². The largest absolute Gasteiger partial charge is 0.493 e. The highest BCUT2D eigenvalue weighted by atomic mass is 16.5. The number of benzene rings is 1. The van der Waals surface area contributed by atoms with Gasteiger partial charge in [0.15, 0.2) is 0 Å². The minimum absolute atomic E-state index is 0.0934. The van der Waals surface area contributed by atoms with Crippen LogP contribution in [0.2, 0.25) is 0 Å². The third kappa shape index (κ3) is 4.97. The van der Waals surface area contributed by atoms with Gasteiger partial charge in [0.1, 0.15) is 12.4 Å². The van der Waals surface area contributed by atoms with Crippen LogP contribution in [0.4, 0.5) is 0 Å². The van der Waals surface area contributed by atoms with Crippen molar-refractivity contribution in [2.24, 2.45) is 0 Å². The number of amides is 2. The van der Waals surface area contributed by atoms with Crippen molar-refractivity contribution in [3.8, 4) is 5.75 Å². The molecule has 1 aromatic rings. The van der Waals surface area contributed by atoms with E-state index in [1.165, 1.54) is 0 Å². The van der Waals surface area contributed by atoms with Crippen LogP contribution in [0, 0.1) is 0 Å². The van der Waals surface area contributed by atoms with Gasteiger partial charge in [-0.3, -0.25) is 20.4 Å². The average molecular weight is 266 g/mol. The first kappa shape index (κ1) is 15.0. The molecule has 0 aliphatic rings. The minimum Gasteiger partial charge on any atom is -0.493 e. The molecule has 0 unspecified atom stereocenters. The number of ether oxygens (including phenoxy) is 2. The Labute approximate surface area is 112 Å². The van der Waals surface area contributed by atoms with E-state index in [0.29, 0.717) is 24.5 Å². The Kier molecular flexibility index (Phi) is 6.38. The molecule has 0 aliphatic heterocycles. The summed E-state index contributed by atoms with van der Waals surface area (Å²) in [6.45, 7) is 4.42. The van der Waals surface area contributed by atoms with E-state index in [0.717, 1.165) is 0 Å². The third-order valence-corrected chi connectivity index (χ3v) is 2.18. The van der Waals surface area contributed by atoms with E-state index in [1.54, 1.807) is 31.2 Å². The summed E-state index contributed by atoms with van der Waals surface area (Å²) in [5, 5.41) is 0. The molecule has 1 aromatic carbocycles. The Hall–Kier alpha value is -2.08. The number of para-hydroxylation sites is 1. The van der Waals surface area contributed by atoms with Gasteiger partial charge in [0.2, 0.25) is 0 Å². The van der Waals surface area contributed by atoms with Crippen molar-refractivity contribution < 1.29 is 19.1 Å². The predicted molar refractivity (Wildman–Crippen MR) is 69.7 cm³/mol. The van der Waals surface area contributed by atoms with Crippen LogP contribution in [0.3, 0.4) is 0 Å². The molecule has 0 aromatic heterocycles. The number of hydrogen-bond acceptors (Lipinski definition) is 4. The second-order valence-corrected chi connectivity index (χ2v) is 3.57. The molecule has 0 spiro atoms. The van der Waals surface area contributed by atoms with Crippen LogP contribution in [0.5, 0.6) is 5.75 Å². The number of nitrogens with one attached hydrogen (secondary N) is 2. The zero-order valence-corrected chi connectivity index (χ0v) is 11.1. The molecular formula is C13H18N2O4. The summed E-state index contributed by atoms with van der Waals surface area (Å²) in [4.78, 5) is 23.1. The first-order valence-corrected chi connectivity index (χ1v) is 6.07. The van der Waals surface area contributed by atoms with Gasteiger partial charge in [-0.1, -0.05) is 12.1 Å². The molecule has 0 saturated heterocycles. The van der Waals surface area contributed by atoms with Crippen molar-refractivity contribution in [2.75, 3.05) is 19.8 Å². The van der Waals surface area contributed by atoms with Gasteiger partial charge in [-0.15, -0.1) is 0 Å². The lowest BCUT2D eigenvalue weighted by Gasteiger charge is -2.11. The molecule has 0 fully saturated rings. The monoisotopic (exact) mass is 266 g/mol. The molecule has 0 bridgehead atoms. The number of hydrazine groups is 1. The van der Waals surface area contributed by atoms with Crippen LogP contribution in [-0.4, -0.2) is 31.6 Å². The second kappa shape index (κ2) is 8.10. The Balaban J connectivity index is 2.56. The van der Waals surface area contributed by atoms with Crippen molar-refractivity contribution in [1.29, 1.82) is 0 Å². The highest BCUT2D eigenvalue weighted by Gasteiger charge is 2.12. The molecular weight excluding hydrogens is 248 g/mol. The molecule has 6 heteroatoms. The van der Waals surface area contributed by atoms with E-state index >= 15 is 0 Å². The van der Waals surface area contributed by atoms with E-state index in [1.807, 2.05) is 6.92 Å². The maximum atomic E-state index is 11.9. The van der Waals surface area contributed by atoms with Gasteiger partial charge < -0.3 is 9.47 Å². The first-order chi connectivity index (χ1) is 9.19. The van der Waals surface area contributed by atoms with Crippen LogP contribution in [0.25, 0.3) is 0 Å². The van der Waals surface area contributed by atoms with Gasteiger partial charge in [-0.2, -0.15) is 0 Å². The Morgan fingerprint density at radius 2 is 1.84 bits per heavy atom. The highest BCUT2D eigenvalue weighted by Crippen LogP contribution is 2.17. The molecule has 2 amide bonds. The summed E-state index contributed by atoms with van der Waals surface area (Å²) in [6.07, 6.45) is 0.